The molecule has 1 heterocycles. The summed E-state index contributed by atoms with van der Waals surface area (Å²) < 4.78 is 0. The van der Waals surface area contributed by atoms with Crippen molar-refractivity contribution in [2.75, 3.05) is 20.1 Å². The van der Waals surface area contributed by atoms with Gasteiger partial charge in [0, 0.05) is 38.3 Å². The van der Waals surface area contributed by atoms with Crippen LogP contribution < -0.4 is 16.0 Å². The van der Waals surface area contributed by atoms with E-state index in [4.69, 9.17) is 0 Å². The van der Waals surface area contributed by atoms with Crippen LogP contribution in [0.2, 0.25) is 0 Å². The smallest absolute Gasteiger partial charge is 0.239 e. The van der Waals surface area contributed by atoms with Crippen LogP contribution in [0, 0.1) is 0 Å². The van der Waals surface area contributed by atoms with Crippen molar-refractivity contribution in [1.29, 1.82) is 0 Å². The molecular formula is C22H35N5O. The van der Waals surface area contributed by atoms with E-state index in [1.54, 1.807) is 7.05 Å². The number of likely N-dealkylation sites (tertiary alicyclic amines) is 1. The number of aliphatic imine (C=N–C) groups is 1. The van der Waals surface area contributed by atoms with Gasteiger partial charge in [-0.15, -0.1) is 0 Å². The summed E-state index contributed by atoms with van der Waals surface area (Å²) in [7, 11) is 1.76. The first-order valence-corrected chi connectivity index (χ1v) is 10.7. The van der Waals surface area contributed by atoms with E-state index in [9.17, 15) is 4.79 Å². The topological polar surface area (TPSA) is 68.8 Å². The third-order valence-electron chi connectivity index (χ3n) is 5.88. The average Bonchev–Trinajstić information content (AvgIpc) is 3.05. The zero-order valence-corrected chi connectivity index (χ0v) is 17.3. The number of benzene rings is 1. The Morgan fingerprint density at radius 1 is 1.11 bits per heavy atom. The highest BCUT2D eigenvalue weighted by Crippen LogP contribution is 2.20. The van der Waals surface area contributed by atoms with Gasteiger partial charge in [0.1, 0.15) is 0 Å². The minimum atomic E-state index is 0.0559. The van der Waals surface area contributed by atoms with E-state index in [1.807, 2.05) is 0 Å². The number of hydrogen-bond acceptors (Lipinski definition) is 3. The number of nitrogens with zero attached hydrogens (tertiary/aromatic N) is 2. The summed E-state index contributed by atoms with van der Waals surface area (Å²) in [5, 5.41) is 9.80. The molecule has 0 radical (unpaired) electrons. The van der Waals surface area contributed by atoms with Crippen LogP contribution in [-0.4, -0.2) is 55.0 Å². The minimum absolute atomic E-state index is 0.0559. The van der Waals surface area contributed by atoms with E-state index in [1.165, 1.54) is 24.8 Å². The number of carbonyl (C=O) groups excluding carboxylic acids is 1. The van der Waals surface area contributed by atoms with Gasteiger partial charge in [-0.25, -0.2) is 0 Å². The molecule has 6 heteroatoms. The molecule has 0 bridgehead atoms. The lowest BCUT2D eigenvalue weighted by Gasteiger charge is -2.23. The molecule has 1 saturated heterocycles. The first kappa shape index (κ1) is 20.6. The molecule has 6 nitrogen and oxygen atoms in total. The van der Waals surface area contributed by atoms with Gasteiger partial charge in [0.2, 0.25) is 5.91 Å². The largest absolute Gasteiger partial charge is 0.352 e. The van der Waals surface area contributed by atoms with Gasteiger partial charge in [0.25, 0.3) is 0 Å². The maximum atomic E-state index is 12.2. The van der Waals surface area contributed by atoms with Crippen LogP contribution in [-0.2, 0) is 11.3 Å². The van der Waals surface area contributed by atoms with Crippen LogP contribution in [0.25, 0.3) is 0 Å². The molecule has 2 fully saturated rings. The second-order valence-electron chi connectivity index (χ2n) is 8.17. The number of amides is 1. The Bertz CT molecular complexity index is 642. The minimum Gasteiger partial charge on any atom is -0.352 e. The van der Waals surface area contributed by atoms with Gasteiger partial charge in [-0.05, 0) is 31.7 Å². The average molecular weight is 386 g/mol. The summed E-state index contributed by atoms with van der Waals surface area (Å²) in [4.78, 5) is 19.0. The standard InChI is InChI=1S/C22H35N5O/c1-17-13-20(16-27(17)15-18-9-5-3-6-10-18)26-22(23-2)24-14-21(28)25-19-11-7-4-8-12-19/h3,5-6,9-10,17,19-20H,4,7-8,11-16H2,1-2H3,(H,25,28)(H2,23,24,26). The van der Waals surface area contributed by atoms with Crippen molar-refractivity contribution in [1.82, 2.24) is 20.9 Å². The highest BCUT2D eigenvalue weighted by molar-refractivity contribution is 5.86. The number of nitrogens with one attached hydrogen (secondary N) is 3. The number of hydrogen-bond donors (Lipinski definition) is 3. The maximum Gasteiger partial charge on any atom is 0.239 e. The molecule has 154 valence electrons. The van der Waals surface area contributed by atoms with Crippen LogP contribution >= 0.6 is 0 Å². The molecule has 2 unspecified atom stereocenters. The fourth-order valence-electron chi connectivity index (χ4n) is 4.32. The number of guanidine groups is 1. The molecule has 2 atom stereocenters. The second kappa shape index (κ2) is 10.5. The van der Waals surface area contributed by atoms with Crippen LogP contribution in [0.3, 0.4) is 0 Å². The van der Waals surface area contributed by atoms with E-state index < -0.39 is 0 Å². The Balaban J connectivity index is 1.41. The molecule has 1 aliphatic carbocycles. The Morgan fingerprint density at radius 3 is 2.57 bits per heavy atom. The van der Waals surface area contributed by atoms with Gasteiger partial charge < -0.3 is 16.0 Å². The summed E-state index contributed by atoms with van der Waals surface area (Å²) in [6, 6.07) is 11.8. The van der Waals surface area contributed by atoms with Gasteiger partial charge in [0.15, 0.2) is 5.96 Å². The Morgan fingerprint density at radius 2 is 1.86 bits per heavy atom. The lowest BCUT2D eigenvalue weighted by Crippen LogP contribution is -2.49. The van der Waals surface area contributed by atoms with Crippen molar-refractivity contribution < 1.29 is 4.79 Å². The highest BCUT2D eigenvalue weighted by Gasteiger charge is 2.29. The molecule has 0 aromatic heterocycles. The molecule has 28 heavy (non-hydrogen) atoms. The SMILES string of the molecule is CN=C(NCC(=O)NC1CCCCC1)NC1CC(C)N(Cc2ccccc2)C1. The molecule has 1 aromatic carbocycles. The van der Waals surface area contributed by atoms with Gasteiger partial charge >= 0.3 is 0 Å². The van der Waals surface area contributed by atoms with Crippen molar-refractivity contribution >= 4 is 11.9 Å². The van der Waals surface area contributed by atoms with Crippen molar-refractivity contribution in [3.63, 3.8) is 0 Å². The monoisotopic (exact) mass is 385 g/mol. The molecule has 1 amide bonds. The van der Waals surface area contributed by atoms with Gasteiger partial charge in [-0.2, -0.15) is 0 Å². The Hall–Kier alpha value is -2.08. The summed E-state index contributed by atoms with van der Waals surface area (Å²) in [6.07, 6.45) is 7.03. The molecule has 1 aromatic rings. The number of rotatable bonds is 6. The summed E-state index contributed by atoms with van der Waals surface area (Å²) in [5.74, 6) is 0.762. The lowest BCUT2D eigenvalue weighted by atomic mass is 9.95. The molecule has 1 saturated carbocycles. The Labute approximate surface area is 169 Å². The second-order valence-corrected chi connectivity index (χ2v) is 8.17. The fraction of sp³-hybridized carbons (Fsp3) is 0.636. The quantitative estimate of drug-likeness (QED) is 0.519. The molecule has 1 aliphatic heterocycles. The summed E-state index contributed by atoms with van der Waals surface area (Å²) >= 11 is 0. The molecule has 2 aliphatic rings. The number of carbonyl (C=O) groups is 1. The van der Waals surface area contributed by atoms with Crippen LogP contribution in [0.4, 0.5) is 0 Å². The van der Waals surface area contributed by atoms with E-state index >= 15 is 0 Å². The summed E-state index contributed by atoms with van der Waals surface area (Å²) in [5.41, 5.74) is 1.34. The lowest BCUT2D eigenvalue weighted by molar-refractivity contribution is -0.120. The molecule has 0 spiro atoms. The molecule has 3 rings (SSSR count). The van der Waals surface area contributed by atoms with Crippen LogP contribution in [0.15, 0.2) is 35.3 Å². The first-order valence-electron chi connectivity index (χ1n) is 10.7. The van der Waals surface area contributed by atoms with Gasteiger partial charge in [-0.1, -0.05) is 49.6 Å². The third-order valence-corrected chi connectivity index (χ3v) is 5.88. The van der Waals surface area contributed by atoms with Crippen molar-refractivity contribution in [2.45, 2.75) is 70.1 Å². The van der Waals surface area contributed by atoms with Gasteiger partial charge in [-0.3, -0.25) is 14.7 Å². The summed E-state index contributed by atoms with van der Waals surface area (Å²) in [6.45, 7) is 4.49. The normalized spacial score (nSPS) is 24.1. The fourth-order valence-corrected chi connectivity index (χ4v) is 4.32. The Kier molecular flexibility index (Phi) is 7.71. The van der Waals surface area contributed by atoms with E-state index in [0.29, 0.717) is 24.1 Å². The van der Waals surface area contributed by atoms with Crippen molar-refractivity contribution in [3.05, 3.63) is 35.9 Å². The predicted molar refractivity (Wildman–Crippen MR) is 114 cm³/mol. The first-order chi connectivity index (χ1) is 13.6. The zero-order valence-electron chi connectivity index (χ0n) is 17.3. The van der Waals surface area contributed by atoms with E-state index in [0.717, 1.165) is 32.4 Å². The maximum absolute atomic E-state index is 12.2. The highest BCUT2D eigenvalue weighted by atomic mass is 16.2. The van der Waals surface area contributed by atoms with Crippen molar-refractivity contribution in [2.24, 2.45) is 4.99 Å². The zero-order chi connectivity index (χ0) is 19.8. The predicted octanol–water partition coefficient (Wildman–Crippen LogP) is 2.26. The third kappa shape index (κ3) is 6.23. The van der Waals surface area contributed by atoms with Gasteiger partial charge in [0.05, 0.1) is 6.54 Å². The van der Waals surface area contributed by atoms with E-state index in [-0.39, 0.29) is 12.5 Å². The molecular weight excluding hydrogens is 350 g/mol. The van der Waals surface area contributed by atoms with Crippen molar-refractivity contribution in [3.8, 4) is 0 Å². The van der Waals surface area contributed by atoms with E-state index in [2.05, 4.69) is 63.1 Å². The molecule has 3 N–H and O–H groups in total. The van der Waals surface area contributed by atoms with Crippen LogP contribution in [0.1, 0.15) is 51.0 Å². The van der Waals surface area contributed by atoms with Crippen LogP contribution in [0.5, 0.6) is 0 Å².